The number of hydrogen-bond donors (Lipinski definition) is 1. The molecule has 114 valence electrons. The molecule has 0 amide bonds. The fraction of sp³-hybridized carbons (Fsp3) is 0.438. The van der Waals surface area contributed by atoms with Gasteiger partial charge in [0.1, 0.15) is 5.01 Å². The van der Waals surface area contributed by atoms with Crippen molar-refractivity contribution in [2.45, 2.75) is 33.3 Å². The molecular weight excluding hydrogens is 286 g/mol. The van der Waals surface area contributed by atoms with Crippen molar-refractivity contribution in [2.24, 2.45) is 0 Å². The van der Waals surface area contributed by atoms with Gasteiger partial charge in [0.15, 0.2) is 11.5 Å². The van der Waals surface area contributed by atoms with E-state index in [-0.39, 0.29) is 6.61 Å². The summed E-state index contributed by atoms with van der Waals surface area (Å²) < 4.78 is 10.9. The number of aliphatic hydroxyl groups is 1. The molecule has 1 aromatic carbocycles. The molecule has 0 saturated heterocycles. The Balaban J connectivity index is 2.37. The van der Waals surface area contributed by atoms with E-state index >= 15 is 0 Å². The van der Waals surface area contributed by atoms with Crippen molar-refractivity contribution in [3.05, 3.63) is 28.8 Å². The summed E-state index contributed by atoms with van der Waals surface area (Å²) in [5, 5.41) is 10.4. The third-order valence-corrected chi connectivity index (χ3v) is 4.25. The van der Waals surface area contributed by atoms with Crippen LogP contribution in [-0.4, -0.2) is 23.8 Å². The Kier molecular flexibility index (Phi) is 5.59. The number of nitrogens with zero attached hydrogens (tertiary/aromatic N) is 1. The molecule has 0 fully saturated rings. The van der Waals surface area contributed by atoms with Gasteiger partial charge in [-0.1, -0.05) is 13.3 Å². The van der Waals surface area contributed by atoms with Gasteiger partial charge >= 0.3 is 0 Å². The van der Waals surface area contributed by atoms with E-state index in [0.29, 0.717) is 12.4 Å². The largest absolute Gasteiger partial charge is 0.493 e. The number of aromatic nitrogens is 1. The zero-order valence-corrected chi connectivity index (χ0v) is 13.5. The van der Waals surface area contributed by atoms with Gasteiger partial charge < -0.3 is 14.6 Å². The van der Waals surface area contributed by atoms with Gasteiger partial charge in [-0.25, -0.2) is 4.98 Å². The molecule has 21 heavy (non-hydrogen) atoms. The summed E-state index contributed by atoms with van der Waals surface area (Å²) in [5.41, 5.74) is 1.98. The number of aryl methyl sites for hydroxylation is 1. The lowest BCUT2D eigenvalue weighted by atomic mass is 10.2. The Bertz CT molecular complexity index is 595. The first-order chi connectivity index (χ1) is 10.2. The van der Waals surface area contributed by atoms with E-state index in [9.17, 15) is 5.11 Å². The molecule has 2 rings (SSSR count). The van der Waals surface area contributed by atoms with Gasteiger partial charge in [0.05, 0.1) is 30.9 Å². The van der Waals surface area contributed by atoms with Crippen LogP contribution in [0.2, 0.25) is 0 Å². The molecular formula is C16H21NO3S. The van der Waals surface area contributed by atoms with Crippen LogP contribution in [0.1, 0.15) is 30.8 Å². The Morgan fingerprint density at radius 2 is 2.05 bits per heavy atom. The molecule has 1 aromatic heterocycles. The lowest BCUT2D eigenvalue weighted by Gasteiger charge is -2.09. The summed E-state index contributed by atoms with van der Waals surface area (Å²) in [5.74, 6) is 1.43. The Morgan fingerprint density at radius 3 is 2.67 bits per heavy atom. The molecule has 0 aliphatic carbocycles. The topological polar surface area (TPSA) is 51.6 Å². The van der Waals surface area contributed by atoms with Gasteiger partial charge in [0.2, 0.25) is 0 Å². The summed E-state index contributed by atoms with van der Waals surface area (Å²) in [6.07, 6.45) is 1.91. The predicted octanol–water partition coefficient (Wildman–Crippen LogP) is 3.66. The molecule has 1 N–H and O–H groups in total. The first-order valence-electron chi connectivity index (χ1n) is 7.14. The Hall–Kier alpha value is -1.59. The fourth-order valence-corrected chi connectivity index (χ4v) is 3.10. The van der Waals surface area contributed by atoms with E-state index in [1.165, 1.54) is 11.3 Å². The molecule has 2 aromatic rings. The van der Waals surface area contributed by atoms with E-state index in [0.717, 1.165) is 39.7 Å². The second kappa shape index (κ2) is 7.43. The van der Waals surface area contributed by atoms with E-state index < -0.39 is 0 Å². The van der Waals surface area contributed by atoms with Crippen LogP contribution < -0.4 is 9.47 Å². The fourth-order valence-electron chi connectivity index (χ4n) is 2.14. The highest BCUT2D eigenvalue weighted by molar-refractivity contribution is 7.15. The number of aliphatic hydroxyl groups excluding tert-OH is 1. The minimum absolute atomic E-state index is 0.0428. The summed E-state index contributed by atoms with van der Waals surface area (Å²) >= 11 is 1.53. The standard InChI is InChI=1S/C16H21NO3S/c1-4-6-12-15(10-18)21-16(17-12)11-7-8-13(20-5-2)14(9-11)19-3/h7-9,18H,4-6,10H2,1-3H3. The molecule has 0 radical (unpaired) electrons. The minimum Gasteiger partial charge on any atom is -0.493 e. The van der Waals surface area contributed by atoms with Crippen LogP contribution in [0.25, 0.3) is 10.6 Å². The van der Waals surface area contributed by atoms with E-state index in [1.54, 1.807) is 7.11 Å². The molecule has 0 atom stereocenters. The molecule has 5 heteroatoms. The maximum Gasteiger partial charge on any atom is 0.161 e. The lowest BCUT2D eigenvalue weighted by molar-refractivity contribution is 0.284. The molecule has 1 heterocycles. The highest BCUT2D eigenvalue weighted by Crippen LogP contribution is 2.35. The highest BCUT2D eigenvalue weighted by atomic mass is 32.1. The third kappa shape index (κ3) is 3.54. The van der Waals surface area contributed by atoms with Crippen molar-refractivity contribution in [1.29, 1.82) is 0 Å². The van der Waals surface area contributed by atoms with Crippen molar-refractivity contribution in [1.82, 2.24) is 4.98 Å². The van der Waals surface area contributed by atoms with Crippen molar-refractivity contribution in [3.8, 4) is 22.1 Å². The van der Waals surface area contributed by atoms with Crippen LogP contribution >= 0.6 is 11.3 Å². The summed E-state index contributed by atoms with van der Waals surface area (Å²) in [6.45, 7) is 4.70. The third-order valence-electron chi connectivity index (χ3n) is 3.12. The number of ether oxygens (including phenoxy) is 2. The van der Waals surface area contributed by atoms with Crippen molar-refractivity contribution in [3.63, 3.8) is 0 Å². The van der Waals surface area contributed by atoms with Crippen molar-refractivity contribution >= 4 is 11.3 Å². The number of thiazole rings is 1. The van der Waals surface area contributed by atoms with Crippen LogP contribution in [-0.2, 0) is 13.0 Å². The van der Waals surface area contributed by atoms with Gasteiger partial charge in [-0.15, -0.1) is 11.3 Å². The van der Waals surface area contributed by atoms with Gasteiger partial charge in [-0.3, -0.25) is 0 Å². The van der Waals surface area contributed by atoms with Crippen LogP contribution in [0.3, 0.4) is 0 Å². The maximum atomic E-state index is 9.45. The lowest BCUT2D eigenvalue weighted by Crippen LogP contribution is -1.95. The molecule has 4 nitrogen and oxygen atoms in total. The highest BCUT2D eigenvalue weighted by Gasteiger charge is 2.13. The first-order valence-corrected chi connectivity index (χ1v) is 7.95. The van der Waals surface area contributed by atoms with Crippen molar-refractivity contribution in [2.75, 3.05) is 13.7 Å². The monoisotopic (exact) mass is 307 g/mol. The average Bonchev–Trinajstić information content (AvgIpc) is 2.91. The molecule has 0 bridgehead atoms. The van der Waals surface area contributed by atoms with Crippen LogP contribution in [0.5, 0.6) is 11.5 Å². The van der Waals surface area contributed by atoms with Crippen molar-refractivity contribution < 1.29 is 14.6 Å². The summed E-state index contributed by atoms with van der Waals surface area (Å²) in [6, 6.07) is 5.81. The number of hydrogen-bond acceptors (Lipinski definition) is 5. The maximum absolute atomic E-state index is 9.45. The first kappa shape index (κ1) is 15.8. The normalized spacial score (nSPS) is 10.7. The van der Waals surface area contributed by atoms with Gasteiger partial charge in [0.25, 0.3) is 0 Å². The number of rotatable bonds is 7. The molecule has 0 aliphatic heterocycles. The van der Waals surface area contributed by atoms with Gasteiger partial charge in [-0.05, 0) is 31.5 Å². The van der Waals surface area contributed by atoms with E-state index in [2.05, 4.69) is 11.9 Å². The van der Waals surface area contributed by atoms with Crippen LogP contribution in [0.4, 0.5) is 0 Å². The summed E-state index contributed by atoms with van der Waals surface area (Å²) in [7, 11) is 1.63. The predicted molar refractivity (Wildman–Crippen MR) is 85.2 cm³/mol. The Morgan fingerprint density at radius 1 is 1.24 bits per heavy atom. The zero-order chi connectivity index (χ0) is 15.2. The van der Waals surface area contributed by atoms with E-state index in [1.807, 2.05) is 25.1 Å². The quantitative estimate of drug-likeness (QED) is 0.848. The van der Waals surface area contributed by atoms with Gasteiger partial charge in [0, 0.05) is 5.56 Å². The second-order valence-electron chi connectivity index (χ2n) is 4.60. The van der Waals surface area contributed by atoms with E-state index in [4.69, 9.17) is 9.47 Å². The Labute approximate surface area is 129 Å². The minimum atomic E-state index is 0.0428. The SMILES string of the molecule is CCCc1nc(-c2ccc(OCC)c(OC)c2)sc1CO. The molecule has 0 unspecified atom stereocenters. The zero-order valence-electron chi connectivity index (χ0n) is 12.7. The smallest absolute Gasteiger partial charge is 0.161 e. The summed E-state index contributed by atoms with van der Waals surface area (Å²) in [4.78, 5) is 5.60. The molecule has 0 aliphatic rings. The molecule has 0 spiro atoms. The average molecular weight is 307 g/mol. The number of benzene rings is 1. The van der Waals surface area contributed by atoms with Crippen LogP contribution in [0, 0.1) is 0 Å². The van der Waals surface area contributed by atoms with Gasteiger partial charge in [-0.2, -0.15) is 0 Å². The number of methoxy groups -OCH3 is 1. The van der Waals surface area contributed by atoms with Crippen LogP contribution in [0.15, 0.2) is 18.2 Å². The molecule has 0 saturated carbocycles. The second-order valence-corrected chi connectivity index (χ2v) is 5.68.